The number of nitrogens with zero attached hydrogens (tertiary/aromatic N) is 2. The predicted octanol–water partition coefficient (Wildman–Crippen LogP) is 3.50. The molecule has 0 bridgehead atoms. The molecule has 3 rings (SSSR count). The molecule has 0 spiro atoms. The van der Waals surface area contributed by atoms with Gasteiger partial charge in [-0.2, -0.15) is 0 Å². The number of nitrogens with two attached hydrogens (primary N) is 1. The summed E-state index contributed by atoms with van der Waals surface area (Å²) in [5.41, 5.74) is 8.57. The van der Waals surface area contributed by atoms with Crippen molar-refractivity contribution >= 4 is 28.5 Å². The summed E-state index contributed by atoms with van der Waals surface area (Å²) in [4.78, 5) is 16.0. The van der Waals surface area contributed by atoms with Crippen LogP contribution in [0.15, 0.2) is 36.4 Å². The lowest BCUT2D eigenvalue weighted by molar-refractivity contribution is -0.119. The monoisotopic (exact) mass is 418 g/mol. The number of hydrogen-bond donors (Lipinski definition) is 2. The smallest absolute Gasteiger partial charge is 0.234 e. The maximum atomic E-state index is 13.3. The molecule has 6 nitrogen and oxygen atoms in total. The normalized spacial score (nSPS) is 12.4. The second kappa shape index (κ2) is 9.35. The average Bonchev–Trinajstić information content (AvgIpc) is 3.02. The van der Waals surface area contributed by atoms with Crippen LogP contribution in [0.2, 0.25) is 5.02 Å². The Morgan fingerprint density at radius 3 is 2.72 bits per heavy atom. The van der Waals surface area contributed by atoms with E-state index in [1.165, 1.54) is 12.1 Å². The Hall–Kier alpha value is -2.48. The first-order valence-corrected chi connectivity index (χ1v) is 9.83. The SMILES string of the molecule is CCOCCn1c(CN[C@@H](C)C(N)=O)nc2cc(Cl)c(-c3ccc(F)cc3)cc21. The van der Waals surface area contributed by atoms with Crippen molar-refractivity contribution in [3.63, 3.8) is 0 Å². The van der Waals surface area contributed by atoms with Crippen LogP contribution in [0.3, 0.4) is 0 Å². The van der Waals surface area contributed by atoms with Crippen molar-refractivity contribution in [1.82, 2.24) is 14.9 Å². The molecule has 0 aliphatic heterocycles. The molecule has 1 amide bonds. The molecule has 154 valence electrons. The highest BCUT2D eigenvalue weighted by Gasteiger charge is 2.16. The van der Waals surface area contributed by atoms with Gasteiger partial charge in [0.05, 0.1) is 35.2 Å². The molecule has 1 atom stereocenters. The third-order valence-electron chi connectivity index (χ3n) is 4.73. The molecule has 29 heavy (non-hydrogen) atoms. The minimum atomic E-state index is -0.478. The fourth-order valence-corrected chi connectivity index (χ4v) is 3.34. The minimum absolute atomic E-state index is 0.301. The van der Waals surface area contributed by atoms with Crippen LogP contribution in [0.1, 0.15) is 19.7 Å². The molecule has 1 heterocycles. The van der Waals surface area contributed by atoms with Gasteiger partial charge in [-0.05, 0) is 43.7 Å². The Morgan fingerprint density at radius 1 is 1.34 bits per heavy atom. The first kappa shape index (κ1) is 21.2. The summed E-state index contributed by atoms with van der Waals surface area (Å²) in [6.45, 7) is 5.75. The van der Waals surface area contributed by atoms with Gasteiger partial charge in [0.25, 0.3) is 0 Å². The number of amides is 1. The summed E-state index contributed by atoms with van der Waals surface area (Å²) in [5, 5.41) is 3.62. The zero-order valence-electron chi connectivity index (χ0n) is 16.4. The van der Waals surface area contributed by atoms with E-state index in [1.807, 2.05) is 17.6 Å². The van der Waals surface area contributed by atoms with Crippen LogP contribution in [0.4, 0.5) is 4.39 Å². The number of imidazole rings is 1. The molecular formula is C21H24ClFN4O2. The summed E-state index contributed by atoms with van der Waals surface area (Å²) in [6, 6.07) is 9.47. The molecule has 2 aromatic carbocycles. The van der Waals surface area contributed by atoms with Crippen molar-refractivity contribution in [2.24, 2.45) is 5.73 Å². The Balaban J connectivity index is 2.02. The molecule has 0 unspecified atom stereocenters. The molecule has 0 aliphatic rings. The second-order valence-corrected chi connectivity index (χ2v) is 7.12. The third kappa shape index (κ3) is 4.93. The zero-order chi connectivity index (χ0) is 21.0. The minimum Gasteiger partial charge on any atom is -0.380 e. The van der Waals surface area contributed by atoms with Gasteiger partial charge in [0.15, 0.2) is 0 Å². The van der Waals surface area contributed by atoms with Gasteiger partial charge in [0.2, 0.25) is 5.91 Å². The summed E-state index contributed by atoms with van der Waals surface area (Å²) in [6.07, 6.45) is 0. The van der Waals surface area contributed by atoms with E-state index in [4.69, 9.17) is 22.1 Å². The fourth-order valence-electron chi connectivity index (χ4n) is 3.08. The van der Waals surface area contributed by atoms with Crippen molar-refractivity contribution < 1.29 is 13.9 Å². The Morgan fingerprint density at radius 2 is 2.07 bits per heavy atom. The summed E-state index contributed by atoms with van der Waals surface area (Å²) in [5.74, 6) is 0.0216. The molecule has 0 saturated carbocycles. The van der Waals surface area contributed by atoms with Crippen LogP contribution in [0, 0.1) is 5.82 Å². The molecule has 3 N–H and O–H groups in total. The van der Waals surface area contributed by atoms with Crippen LogP contribution in [0.5, 0.6) is 0 Å². The number of halogens is 2. The van der Waals surface area contributed by atoms with E-state index in [1.54, 1.807) is 25.1 Å². The lowest BCUT2D eigenvalue weighted by atomic mass is 10.0. The van der Waals surface area contributed by atoms with Crippen molar-refractivity contribution in [3.8, 4) is 11.1 Å². The number of carbonyl (C=O) groups excluding carboxylic acids is 1. The van der Waals surface area contributed by atoms with Gasteiger partial charge >= 0.3 is 0 Å². The third-order valence-corrected chi connectivity index (χ3v) is 5.04. The molecule has 0 fully saturated rings. The van der Waals surface area contributed by atoms with E-state index in [2.05, 4.69) is 10.3 Å². The Kier molecular flexibility index (Phi) is 6.84. The summed E-state index contributed by atoms with van der Waals surface area (Å²) < 4.78 is 20.9. The average molecular weight is 419 g/mol. The van der Waals surface area contributed by atoms with Crippen molar-refractivity contribution in [3.05, 3.63) is 53.1 Å². The van der Waals surface area contributed by atoms with Gasteiger partial charge in [-0.1, -0.05) is 23.7 Å². The Labute approximate surface area is 173 Å². The summed E-state index contributed by atoms with van der Waals surface area (Å²) >= 11 is 6.49. The van der Waals surface area contributed by atoms with Crippen LogP contribution in [0.25, 0.3) is 22.2 Å². The van der Waals surface area contributed by atoms with E-state index < -0.39 is 11.9 Å². The van der Waals surface area contributed by atoms with Crippen LogP contribution < -0.4 is 11.1 Å². The van der Waals surface area contributed by atoms with Gasteiger partial charge < -0.3 is 15.0 Å². The maximum Gasteiger partial charge on any atom is 0.234 e. The molecular weight excluding hydrogens is 395 g/mol. The highest BCUT2D eigenvalue weighted by atomic mass is 35.5. The predicted molar refractivity (Wildman–Crippen MR) is 112 cm³/mol. The van der Waals surface area contributed by atoms with Crippen molar-refractivity contribution in [1.29, 1.82) is 0 Å². The van der Waals surface area contributed by atoms with E-state index in [0.717, 1.165) is 28.0 Å². The number of aromatic nitrogens is 2. The second-order valence-electron chi connectivity index (χ2n) is 6.71. The van der Waals surface area contributed by atoms with Crippen LogP contribution >= 0.6 is 11.6 Å². The lowest BCUT2D eigenvalue weighted by Gasteiger charge is -2.13. The number of rotatable bonds is 9. The Bertz CT molecular complexity index is 1000. The number of carbonyl (C=O) groups is 1. The van der Waals surface area contributed by atoms with E-state index in [9.17, 15) is 9.18 Å². The van der Waals surface area contributed by atoms with Gasteiger partial charge in [-0.3, -0.25) is 10.1 Å². The first-order chi connectivity index (χ1) is 13.9. The molecule has 0 saturated heterocycles. The molecule has 1 aromatic heterocycles. The topological polar surface area (TPSA) is 82.2 Å². The maximum absolute atomic E-state index is 13.3. The van der Waals surface area contributed by atoms with Crippen molar-refractivity contribution in [2.75, 3.05) is 13.2 Å². The highest BCUT2D eigenvalue weighted by molar-refractivity contribution is 6.34. The van der Waals surface area contributed by atoms with Crippen LogP contribution in [-0.2, 0) is 22.6 Å². The largest absolute Gasteiger partial charge is 0.380 e. The molecule has 8 heteroatoms. The highest BCUT2D eigenvalue weighted by Crippen LogP contribution is 2.32. The van der Waals surface area contributed by atoms with E-state index >= 15 is 0 Å². The number of nitrogens with one attached hydrogen (secondary N) is 1. The molecule has 0 aliphatic carbocycles. The van der Waals surface area contributed by atoms with Crippen molar-refractivity contribution in [2.45, 2.75) is 33.0 Å². The lowest BCUT2D eigenvalue weighted by Crippen LogP contribution is -2.38. The fraction of sp³-hybridized carbons (Fsp3) is 0.333. The van der Waals surface area contributed by atoms with E-state index in [-0.39, 0.29) is 5.82 Å². The van der Waals surface area contributed by atoms with Gasteiger partial charge in [-0.25, -0.2) is 9.37 Å². The molecule has 0 radical (unpaired) electrons. The van der Waals surface area contributed by atoms with E-state index in [0.29, 0.717) is 31.3 Å². The standard InChI is InChI=1S/C21H24ClFN4O2/c1-3-29-9-8-27-19-10-16(14-4-6-15(23)7-5-14)17(22)11-18(19)26-20(27)12-25-13(2)21(24)28/h4-7,10-11,13,25H,3,8-9,12H2,1-2H3,(H2,24,28)/t13-/m0/s1. The van der Waals surface area contributed by atoms with Crippen LogP contribution in [-0.4, -0.2) is 34.7 Å². The first-order valence-electron chi connectivity index (χ1n) is 9.45. The summed E-state index contributed by atoms with van der Waals surface area (Å²) in [7, 11) is 0. The van der Waals surface area contributed by atoms with Gasteiger partial charge in [0, 0.05) is 18.7 Å². The number of hydrogen-bond acceptors (Lipinski definition) is 4. The number of ether oxygens (including phenoxy) is 1. The molecule has 3 aromatic rings. The quantitative estimate of drug-likeness (QED) is 0.521. The zero-order valence-corrected chi connectivity index (χ0v) is 17.2. The number of fused-ring (bicyclic) bond motifs is 1. The number of primary amides is 1. The van der Waals surface area contributed by atoms with Gasteiger partial charge in [0.1, 0.15) is 11.6 Å². The number of benzene rings is 2. The van der Waals surface area contributed by atoms with Gasteiger partial charge in [-0.15, -0.1) is 0 Å².